The molecule has 0 aliphatic heterocycles. The smallest absolute Gasteiger partial charge is 0.0912 e. The van der Waals surface area contributed by atoms with Gasteiger partial charge in [-0.3, -0.25) is 0 Å². The lowest BCUT2D eigenvalue weighted by molar-refractivity contribution is 0.187. The fraction of sp³-hybridized carbons (Fsp3) is 0.250. The fourth-order valence-corrected chi connectivity index (χ4v) is 0.947. The summed E-state index contributed by atoms with van der Waals surface area (Å²) in [6, 6.07) is 6.99. The van der Waals surface area contributed by atoms with Crippen LogP contribution in [0.15, 0.2) is 24.3 Å². The van der Waals surface area contributed by atoms with Crippen LogP contribution in [0.3, 0.4) is 0 Å². The summed E-state index contributed by atoms with van der Waals surface area (Å²) in [5, 5.41) is 9.92. The molecule has 0 radical (unpaired) electrons. The van der Waals surface area contributed by atoms with E-state index in [0.717, 1.165) is 5.56 Å². The summed E-state index contributed by atoms with van der Waals surface area (Å²) in [4.78, 5) is 0. The van der Waals surface area contributed by atoms with Gasteiger partial charge in [0.2, 0.25) is 0 Å². The highest BCUT2D eigenvalue weighted by Crippen LogP contribution is 2.14. The van der Waals surface area contributed by atoms with Crippen molar-refractivity contribution in [1.29, 1.82) is 0 Å². The standard InChI is InChI=1S/C8H10ClNO/c9-7-3-1-6(2-4-7)8(11)5-10/h1-4,8,11H,5,10H2/t8-/m1/s1. The second-order valence-electron chi connectivity index (χ2n) is 2.30. The number of halogens is 1. The van der Waals surface area contributed by atoms with E-state index in [1.165, 1.54) is 0 Å². The van der Waals surface area contributed by atoms with Crippen LogP contribution in [0, 0.1) is 0 Å². The average Bonchev–Trinajstić information content (AvgIpc) is 2.05. The van der Waals surface area contributed by atoms with Gasteiger partial charge in [-0.05, 0) is 17.7 Å². The van der Waals surface area contributed by atoms with Crippen LogP contribution in [-0.4, -0.2) is 11.7 Å². The van der Waals surface area contributed by atoms with Crippen LogP contribution in [0.2, 0.25) is 5.02 Å². The Bertz CT molecular complexity index is 222. The monoisotopic (exact) mass is 171 g/mol. The van der Waals surface area contributed by atoms with Crippen molar-refractivity contribution < 1.29 is 5.11 Å². The predicted molar refractivity (Wildman–Crippen MR) is 45.5 cm³/mol. The van der Waals surface area contributed by atoms with Crippen molar-refractivity contribution in [3.63, 3.8) is 0 Å². The van der Waals surface area contributed by atoms with Gasteiger partial charge in [-0.15, -0.1) is 0 Å². The van der Waals surface area contributed by atoms with Crippen molar-refractivity contribution in [2.24, 2.45) is 5.73 Å². The van der Waals surface area contributed by atoms with E-state index >= 15 is 0 Å². The predicted octanol–water partition coefficient (Wildman–Crippen LogP) is 1.33. The molecule has 2 nitrogen and oxygen atoms in total. The largest absolute Gasteiger partial charge is 0.387 e. The highest BCUT2D eigenvalue weighted by Gasteiger charge is 2.02. The minimum atomic E-state index is -0.577. The third kappa shape index (κ3) is 2.19. The Balaban J connectivity index is 2.81. The zero-order valence-corrected chi connectivity index (χ0v) is 6.75. The van der Waals surface area contributed by atoms with Gasteiger partial charge in [0.1, 0.15) is 0 Å². The molecule has 1 rings (SSSR count). The summed E-state index contributed by atoms with van der Waals surface area (Å²) >= 11 is 5.65. The molecule has 1 aromatic carbocycles. The molecule has 0 amide bonds. The van der Waals surface area contributed by atoms with Gasteiger partial charge in [0, 0.05) is 11.6 Å². The molecule has 60 valence electrons. The number of aliphatic hydroxyl groups excluding tert-OH is 1. The van der Waals surface area contributed by atoms with Gasteiger partial charge in [-0.2, -0.15) is 0 Å². The topological polar surface area (TPSA) is 46.2 Å². The van der Waals surface area contributed by atoms with E-state index in [-0.39, 0.29) is 6.54 Å². The summed E-state index contributed by atoms with van der Waals surface area (Å²) in [5.41, 5.74) is 6.06. The molecule has 0 fully saturated rings. The maximum atomic E-state index is 9.25. The highest BCUT2D eigenvalue weighted by atomic mass is 35.5. The minimum absolute atomic E-state index is 0.238. The molecule has 3 heteroatoms. The van der Waals surface area contributed by atoms with Gasteiger partial charge in [-0.25, -0.2) is 0 Å². The van der Waals surface area contributed by atoms with Crippen molar-refractivity contribution >= 4 is 11.6 Å². The van der Waals surface area contributed by atoms with E-state index in [1.54, 1.807) is 24.3 Å². The second-order valence-corrected chi connectivity index (χ2v) is 2.74. The van der Waals surface area contributed by atoms with Crippen LogP contribution in [0.25, 0.3) is 0 Å². The maximum absolute atomic E-state index is 9.25. The molecular formula is C8H10ClNO. The van der Waals surface area contributed by atoms with Crippen molar-refractivity contribution in [1.82, 2.24) is 0 Å². The lowest BCUT2D eigenvalue weighted by Crippen LogP contribution is -2.11. The third-order valence-corrected chi connectivity index (χ3v) is 1.73. The molecule has 0 unspecified atom stereocenters. The summed E-state index contributed by atoms with van der Waals surface area (Å²) in [6.07, 6.45) is -0.577. The van der Waals surface area contributed by atoms with Gasteiger partial charge in [0.05, 0.1) is 6.10 Å². The van der Waals surface area contributed by atoms with E-state index < -0.39 is 6.10 Å². The number of rotatable bonds is 2. The molecule has 0 bridgehead atoms. The molecule has 0 aliphatic carbocycles. The Morgan fingerprint density at radius 2 is 1.91 bits per heavy atom. The molecule has 3 N–H and O–H groups in total. The van der Waals surface area contributed by atoms with Gasteiger partial charge in [0.25, 0.3) is 0 Å². The van der Waals surface area contributed by atoms with Crippen LogP contribution >= 0.6 is 11.6 Å². The van der Waals surface area contributed by atoms with Crippen LogP contribution < -0.4 is 5.73 Å². The SMILES string of the molecule is NC[C@@H](O)c1ccc(Cl)cc1. The van der Waals surface area contributed by atoms with Crippen molar-refractivity contribution in [3.05, 3.63) is 34.9 Å². The molecular weight excluding hydrogens is 162 g/mol. The molecule has 0 spiro atoms. The Kier molecular flexibility index (Phi) is 2.88. The van der Waals surface area contributed by atoms with Gasteiger partial charge >= 0.3 is 0 Å². The Hall–Kier alpha value is -0.570. The molecule has 11 heavy (non-hydrogen) atoms. The normalized spacial score (nSPS) is 13.0. The molecule has 0 heterocycles. The summed E-state index contributed by atoms with van der Waals surface area (Å²) in [6.45, 7) is 0.238. The van der Waals surface area contributed by atoms with Crippen LogP contribution in [0.4, 0.5) is 0 Å². The maximum Gasteiger partial charge on any atom is 0.0912 e. The quantitative estimate of drug-likeness (QED) is 0.706. The number of aliphatic hydroxyl groups is 1. The lowest BCUT2D eigenvalue weighted by atomic mass is 10.1. The third-order valence-electron chi connectivity index (χ3n) is 1.48. The molecule has 0 saturated heterocycles. The number of benzene rings is 1. The second kappa shape index (κ2) is 3.72. The summed E-state index contributed by atoms with van der Waals surface area (Å²) < 4.78 is 0. The Morgan fingerprint density at radius 3 is 2.36 bits per heavy atom. The van der Waals surface area contributed by atoms with Gasteiger partial charge in [-0.1, -0.05) is 23.7 Å². The van der Waals surface area contributed by atoms with Crippen LogP contribution in [0.1, 0.15) is 11.7 Å². The van der Waals surface area contributed by atoms with E-state index in [0.29, 0.717) is 5.02 Å². The van der Waals surface area contributed by atoms with Gasteiger partial charge < -0.3 is 10.8 Å². The van der Waals surface area contributed by atoms with Crippen molar-refractivity contribution in [2.75, 3.05) is 6.54 Å². The first-order valence-corrected chi connectivity index (χ1v) is 3.75. The molecule has 0 aromatic heterocycles. The molecule has 1 atom stereocenters. The van der Waals surface area contributed by atoms with Crippen molar-refractivity contribution in [2.45, 2.75) is 6.10 Å². The minimum Gasteiger partial charge on any atom is -0.387 e. The van der Waals surface area contributed by atoms with Crippen LogP contribution in [0.5, 0.6) is 0 Å². The van der Waals surface area contributed by atoms with Crippen LogP contribution in [-0.2, 0) is 0 Å². The Labute approximate surface area is 70.6 Å². The fourth-order valence-electron chi connectivity index (χ4n) is 0.821. The molecule has 1 aromatic rings. The first kappa shape index (κ1) is 8.53. The van der Waals surface area contributed by atoms with E-state index in [1.807, 2.05) is 0 Å². The number of hydrogen-bond acceptors (Lipinski definition) is 2. The summed E-state index contributed by atoms with van der Waals surface area (Å²) in [7, 11) is 0. The number of hydrogen-bond donors (Lipinski definition) is 2. The highest BCUT2D eigenvalue weighted by molar-refractivity contribution is 6.30. The lowest BCUT2D eigenvalue weighted by Gasteiger charge is -2.06. The zero-order chi connectivity index (χ0) is 8.27. The molecule has 0 aliphatic rings. The van der Waals surface area contributed by atoms with E-state index in [4.69, 9.17) is 17.3 Å². The van der Waals surface area contributed by atoms with E-state index in [9.17, 15) is 5.11 Å². The van der Waals surface area contributed by atoms with Gasteiger partial charge in [0.15, 0.2) is 0 Å². The van der Waals surface area contributed by atoms with Crippen molar-refractivity contribution in [3.8, 4) is 0 Å². The average molecular weight is 172 g/mol. The van der Waals surface area contributed by atoms with E-state index in [2.05, 4.69) is 0 Å². The Morgan fingerprint density at radius 1 is 1.36 bits per heavy atom. The number of nitrogens with two attached hydrogens (primary N) is 1. The first-order valence-electron chi connectivity index (χ1n) is 3.37. The summed E-state index contributed by atoms with van der Waals surface area (Å²) in [5.74, 6) is 0. The zero-order valence-electron chi connectivity index (χ0n) is 6.00. The molecule has 0 saturated carbocycles. The first-order chi connectivity index (χ1) is 5.24.